The molecule has 0 spiro atoms. The Morgan fingerprint density at radius 3 is 1.45 bits per heavy atom. The number of hydrogen-bond acceptors (Lipinski definition) is 9. The fourth-order valence-corrected chi connectivity index (χ4v) is 2.56. The summed E-state index contributed by atoms with van der Waals surface area (Å²) in [5, 5.41) is 67.9. The largest absolute Gasteiger partial charge is 0.481 e. The molecule has 0 fully saturated rings. The van der Waals surface area contributed by atoms with E-state index in [4.69, 9.17) is 25.5 Å². The highest BCUT2D eigenvalue weighted by Gasteiger charge is 2.42. The molecule has 0 unspecified atom stereocenters. The average Bonchev–Trinajstić information content (AvgIpc) is 2.62. The number of amides is 2. The Labute approximate surface area is 184 Å². The normalized spacial score (nSPS) is 15.2. The van der Waals surface area contributed by atoms with Gasteiger partial charge in [-0.05, 0) is 12.8 Å². The molecule has 0 aliphatic carbocycles. The predicted octanol–water partition coefficient (Wildman–Crippen LogP) is -3.19. The third-order valence-electron chi connectivity index (χ3n) is 4.21. The van der Waals surface area contributed by atoms with Crippen LogP contribution < -0.4 is 10.6 Å². The van der Waals surface area contributed by atoms with Crippen molar-refractivity contribution >= 4 is 41.7 Å². The molecule has 33 heavy (non-hydrogen) atoms. The van der Waals surface area contributed by atoms with Gasteiger partial charge in [0.15, 0.2) is 11.2 Å². The van der Waals surface area contributed by atoms with Gasteiger partial charge < -0.3 is 46.4 Å². The topological polar surface area (TPSA) is 285 Å². The summed E-state index contributed by atoms with van der Waals surface area (Å²) in [7, 11) is 0. The fraction of sp³-hybridized carbons (Fsp3) is 0.588. The molecule has 0 aliphatic rings. The quantitative estimate of drug-likeness (QED) is 0.0984. The highest BCUT2D eigenvalue weighted by Crippen LogP contribution is 2.17. The summed E-state index contributed by atoms with van der Waals surface area (Å²) in [6.45, 7) is -0.265. The van der Waals surface area contributed by atoms with Gasteiger partial charge in [-0.3, -0.25) is 19.2 Å². The maximum atomic E-state index is 11.9. The number of carbonyl (C=O) groups excluding carboxylic acids is 2. The molecular weight excluding hydrogens is 456 g/mol. The summed E-state index contributed by atoms with van der Waals surface area (Å²) < 4.78 is 0. The Morgan fingerprint density at radius 2 is 1.09 bits per heavy atom. The summed E-state index contributed by atoms with van der Waals surface area (Å²) in [5.74, 6) is -11.2. The van der Waals surface area contributed by atoms with E-state index < -0.39 is 84.6 Å². The lowest BCUT2D eigenvalue weighted by atomic mass is 9.95. The highest BCUT2D eigenvalue weighted by molar-refractivity contribution is 5.92. The molecule has 2 amide bonds. The number of carboxylic acids is 5. The Hall–Kier alpha value is -3.79. The van der Waals surface area contributed by atoms with E-state index in [0.717, 1.165) is 0 Å². The molecule has 0 saturated heterocycles. The third kappa shape index (κ3) is 10.4. The van der Waals surface area contributed by atoms with Crippen molar-refractivity contribution in [2.45, 2.75) is 55.8 Å². The highest BCUT2D eigenvalue weighted by atomic mass is 16.4. The minimum absolute atomic E-state index is 0.119. The van der Waals surface area contributed by atoms with Crippen molar-refractivity contribution in [2.75, 3.05) is 6.54 Å². The van der Waals surface area contributed by atoms with Gasteiger partial charge in [0, 0.05) is 6.54 Å². The number of carboxylic acid groups (broad SMARTS) is 5. The monoisotopic (exact) mass is 480 g/mol. The van der Waals surface area contributed by atoms with Crippen LogP contribution in [0, 0.1) is 0 Å². The zero-order valence-corrected chi connectivity index (χ0v) is 17.0. The molecule has 0 aromatic carbocycles. The molecular formula is C17H24N2O14. The van der Waals surface area contributed by atoms with Crippen molar-refractivity contribution in [3.63, 3.8) is 0 Å². The summed E-state index contributed by atoms with van der Waals surface area (Å²) in [4.78, 5) is 78.3. The lowest BCUT2D eigenvalue weighted by Gasteiger charge is -2.22. The van der Waals surface area contributed by atoms with Crippen LogP contribution in [0.25, 0.3) is 0 Å². The summed E-state index contributed by atoms with van der Waals surface area (Å²) in [5.41, 5.74) is -5.83. The van der Waals surface area contributed by atoms with E-state index in [1.165, 1.54) is 0 Å². The molecule has 16 nitrogen and oxygen atoms in total. The smallest absolute Gasteiger partial charge is 0.336 e. The van der Waals surface area contributed by atoms with Crippen LogP contribution in [0.5, 0.6) is 0 Å². The predicted molar refractivity (Wildman–Crippen MR) is 101 cm³/mol. The van der Waals surface area contributed by atoms with Crippen molar-refractivity contribution in [1.29, 1.82) is 0 Å². The second-order valence-corrected chi connectivity index (χ2v) is 7.12. The van der Waals surface area contributed by atoms with Crippen LogP contribution in [0.4, 0.5) is 0 Å². The number of aliphatic carboxylic acids is 5. The molecule has 0 aliphatic heterocycles. The molecule has 0 heterocycles. The van der Waals surface area contributed by atoms with Crippen molar-refractivity contribution in [3.8, 4) is 0 Å². The van der Waals surface area contributed by atoms with E-state index >= 15 is 0 Å². The third-order valence-corrected chi connectivity index (χ3v) is 4.21. The zero-order chi connectivity index (χ0) is 26.0. The van der Waals surface area contributed by atoms with Gasteiger partial charge in [0.25, 0.3) is 0 Å². The molecule has 0 aromatic rings. The lowest BCUT2D eigenvalue weighted by molar-refractivity contribution is -0.167. The van der Waals surface area contributed by atoms with Gasteiger partial charge in [-0.15, -0.1) is 0 Å². The van der Waals surface area contributed by atoms with E-state index in [-0.39, 0.29) is 19.4 Å². The first-order valence-electron chi connectivity index (χ1n) is 9.16. The van der Waals surface area contributed by atoms with Crippen molar-refractivity contribution in [3.05, 3.63) is 0 Å². The number of hydrogen-bond donors (Lipinski definition) is 9. The zero-order valence-electron chi connectivity index (χ0n) is 17.0. The standard InChI is InChI=1S/C17H24N2O14/c20-9(4-16(32,14(28)29)6-11(22)23)18-3-1-2-8(13(26)27)19-10(21)5-17(33,15(30)31)7-12(24)25/h8,32-33H,1-7H2,(H,18,20)(H,19,21)(H,22,23)(H,24,25)(H,26,27)(H,28,29)(H,30,31)/t8-,16+,17-/m1/s1. The van der Waals surface area contributed by atoms with E-state index in [9.17, 15) is 43.8 Å². The molecule has 0 saturated carbocycles. The van der Waals surface area contributed by atoms with Crippen molar-refractivity contribution in [2.24, 2.45) is 0 Å². The minimum atomic E-state index is -2.97. The number of aliphatic hydroxyl groups is 2. The maximum Gasteiger partial charge on any atom is 0.336 e. The van der Waals surface area contributed by atoms with Crippen LogP contribution in [-0.2, 0) is 33.6 Å². The molecule has 186 valence electrons. The maximum absolute atomic E-state index is 11.9. The van der Waals surface area contributed by atoms with Crippen molar-refractivity contribution in [1.82, 2.24) is 10.6 Å². The molecule has 16 heteroatoms. The minimum Gasteiger partial charge on any atom is -0.481 e. The Kier molecular flexibility index (Phi) is 10.9. The van der Waals surface area contributed by atoms with Gasteiger partial charge in [-0.25, -0.2) is 14.4 Å². The second-order valence-electron chi connectivity index (χ2n) is 7.12. The van der Waals surface area contributed by atoms with Crippen LogP contribution in [0.3, 0.4) is 0 Å². The molecule has 0 bridgehead atoms. The Morgan fingerprint density at radius 1 is 0.667 bits per heavy atom. The van der Waals surface area contributed by atoms with Gasteiger partial charge >= 0.3 is 29.8 Å². The van der Waals surface area contributed by atoms with E-state index in [1.54, 1.807) is 0 Å². The van der Waals surface area contributed by atoms with E-state index in [0.29, 0.717) is 0 Å². The SMILES string of the molecule is O=C(O)C[C@@](O)(CC(=O)NCCC[C@@H](NC(=O)C[C@@](O)(CC(=O)O)C(=O)O)C(=O)O)C(=O)O. The van der Waals surface area contributed by atoms with Gasteiger partial charge in [0.1, 0.15) is 6.04 Å². The first-order chi connectivity index (χ1) is 15.0. The second kappa shape index (κ2) is 12.3. The van der Waals surface area contributed by atoms with E-state index in [1.807, 2.05) is 5.32 Å². The van der Waals surface area contributed by atoms with Crippen molar-refractivity contribution < 1.29 is 69.3 Å². The first kappa shape index (κ1) is 29.2. The molecule has 0 aromatic heterocycles. The van der Waals surface area contributed by atoms with Gasteiger partial charge in [-0.2, -0.15) is 0 Å². The molecule has 9 N–H and O–H groups in total. The summed E-state index contributed by atoms with van der Waals surface area (Å²) in [6.07, 6.45) is -5.34. The molecule has 0 rings (SSSR count). The lowest BCUT2D eigenvalue weighted by Crippen LogP contribution is -2.48. The first-order valence-corrected chi connectivity index (χ1v) is 9.16. The summed E-state index contributed by atoms with van der Waals surface area (Å²) in [6, 6.07) is -1.61. The van der Waals surface area contributed by atoms with Crippen LogP contribution in [-0.4, -0.2) is 101 Å². The van der Waals surface area contributed by atoms with Crippen LogP contribution in [0.2, 0.25) is 0 Å². The van der Waals surface area contributed by atoms with Crippen LogP contribution >= 0.6 is 0 Å². The van der Waals surface area contributed by atoms with Crippen LogP contribution in [0.1, 0.15) is 38.5 Å². The fourth-order valence-electron chi connectivity index (χ4n) is 2.56. The number of nitrogens with one attached hydrogen (secondary N) is 2. The van der Waals surface area contributed by atoms with Crippen LogP contribution in [0.15, 0.2) is 0 Å². The average molecular weight is 480 g/mol. The Bertz CT molecular complexity index is 812. The van der Waals surface area contributed by atoms with Gasteiger partial charge in [0.2, 0.25) is 11.8 Å². The molecule has 0 radical (unpaired) electrons. The number of carbonyl (C=O) groups is 7. The van der Waals surface area contributed by atoms with Gasteiger partial charge in [0.05, 0.1) is 25.7 Å². The number of rotatable bonds is 16. The summed E-state index contributed by atoms with van der Waals surface area (Å²) >= 11 is 0. The Balaban J connectivity index is 4.80. The molecule has 3 atom stereocenters. The van der Waals surface area contributed by atoms with Gasteiger partial charge in [-0.1, -0.05) is 0 Å². The van der Waals surface area contributed by atoms with E-state index in [2.05, 4.69) is 5.32 Å².